The van der Waals surface area contributed by atoms with Crippen LogP contribution < -0.4 is 47.8 Å². The van der Waals surface area contributed by atoms with Gasteiger partial charge in [-0.15, -0.1) is 0 Å². The van der Waals surface area contributed by atoms with E-state index in [1.807, 2.05) is 56.0 Å². The Morgan fingerprint density at radius 2 is 0.783 bits per heavy atom. The van der Waals surface area contributed by atoms with E-state index in [-0.39, 0.29) is 47.5 Å². The number of carbonyl (C=O) groups is 6. The van der Waals surface area contributed by atoms with Gasteiger partial charge in [-0.3, -0.25) is 14.4 Å². The van der Waals surface area contributed by atoms with Crippen molar-refractivity contribution in [3.8, 4) is 46.0 Å². The lowest BCUT2D eigenvalue weighted by molar-refractivity contribution is -0.137. The number of rotatable bonds is 17. The normalized spacial score (nSPS) is 13.2. The SMILES string of the molecule is COC(=O)c1ccc2c(C(C(=O)NS(=O)(=O)c3ccc(C)cc3OC)c3ccc4c(c3)OCO4)cn(C)c2c1.COC(=O)c1ccc2c(C(C(=O)O)c3ccc4c(c3)OCO4)cn(C)c2c1.COC(=O)c1ccc2c(C(C(C)=O)c3ccc4c(c3)OCO4)cn(C)c2c1.COc1cc(C)ccc1S(N)(=O)=O. The lowest BCUT2D eigenvalue weighted by atomic mass is 9.87. The minimum absolute atomic E-state index is 0.0144. The van der Waals surface area contributed by atoms with Gasteiger partial charge in [-0.1, -0.05) is 48.5 Å². The average Bonchev–Trinajstić information content (AvgIpc) is 1.57. The van der Waals surface area contributed by atoms with Gasteiger partial charge in [-0.25, -0.2) is 41.1 Å². The van der Waals surface area contributed by atoms with E-state index in [0.717, 1.165) is 44.1 Å². The van der Waals surface area contributed by atoms with Gasteiger partial charge in [0.2, 0.25) is 36.3 Å². The van der Waals surface area contributed by atoms with Crippen molar-refractivity contribution >= 4 is 88.3 Å². The number of ether oxygens (including phenoxy) is 11. The molecule has 29 heteroatoms. The number of hydrogen-bond acceptors (Lipinski definition) is 21. The number of carboxylic acids is 1. The number of nitrogens with one attached hydrogen (secondary N) is 1. The molecule has 0 saturated heterocycles. The summed E-state index contributed by atoms with van der Waals surface area (Å²) in [5.74, 6) is -1.60. The van der Waals surface area contributed by atoms with Crippen molar-refractivity contribution in [3.63, 3.8) is 0 Å². The maximum Gasteiger partial charge on any atom is 0.337 e. The van der Waals surface area contributed by atoms with Crippen molar-refractivity contribution in [3.05, 3.63) is 225 Å². The van der Waals surface area contributed by atoms with Crippen molar-refractivity contribution in [1.29, 1.82) is 0 Å². The standard InChI is InChI=1S/C28H26N2O8S.C21H19NO5.C20H17NO6.C8H11NO3S/c1-16-5-10-25(24(11-16)35-3)39(33,34)29-27(31)26(17-7-9-22-23(13-17)38-15-37-22)20-14-30(2)21-12-18(28(32)36-4)6-8-19(20)21;1-12(23)20(13-5-7-18-19(9-13)27-11-26-18)16-10-22(2)17-8-14(21(24)25-3)4-6-15(16)17;1-21-9-14(13-5-3-12(7-15(13)21)20(24)25-2)18(19(22)23)11-4-6-16-17(8-11)27-10-26-16;1-6-3-4-8(13(9,10)11)7(5-6)12-2/h5-14,26H,15H2,1-4H3,(H,29,31);4-10,20H,11H2,1-3H3;3-9,18H,10H2,1-2H3,(H,22,23);3-5H,1-2H3,(H2,9,10,11). The summed E-state index contributed by atoms with van der Waals surface area (Å²) in [6.45, 7) is 5.59. The Hall–Kier alpha value is -12.3. The molecule has 6 heterocycles. The summed E-state index contributed by atoms with van der Waals surface area (Å²) in [6.07, 6.45) is 5.44. The quantitative estimate of drug-likeness (QED) is 0.0563. The number of hydrogen-bond donors (Lipinski definition) is 3. The zero-order valence-corrected chi connectivity index (χ0v) is 60.8. The van der Waals surface area contributed by atoms with Gasteiger partial charge in [0, 0.05) is 72.4 Å². The van der Waals surface area contributed by atoms with Crippen LogP contribution in [0.5, 0.6) is 46.0 Å². The summed E-state index contributed by atoms with van der Waals surface area (Å²) in [5, 5.41) is 17.2. The highest BCUT2D eigenvalue weighted by Crippen LogP contribution is 2.43. The molecule has 3 unspecified atom stereocenters. The van der Waals surface area contributed by atoms with Crippen molar-refractivity contribution < 1.29 is 103 Å². The summed E-state index contributed by atoms with van der Waals surface area (Å²) in [5.41, 5.74) is 9.21. The van der Waals surface area contributed by atoms with Crippen LogP contribution in [0.25, 0.3) is 32.7 Å². The molecule has 1 amide bonds. The third-order valence-corrected chi connectivity index (χ3v) is 20.2. The van der Waals surface area contributed by atoms with Crippen LogP contribution in [0.2, 0.25) is 0 Å². The van der Waals surface area contributed by atoms with Crippen LogP contribution in [0.3, 0.4) is 0 Å². The van der Waals surface area contributed by atoms with Gasteiger partial charge in [0.05, 0.1) is 64.1 Å². The molecule has 0 fully saturated rings. The van der Waals surface area contributed by atoms with E-state index in [4.69, 9.17) is 57.2 Å². The van der Waals surface area contributed by atoms with Crippen LogP contribution in [0.15, 0.2) is 174 Å². The second kappa shape index (κ2) is 30.9. The smallest absolute Gasteiger partial charge is 0.337 e. The molecule has 27 nitrogen and oxygen atoms in total. The molecule has 8 aromatic carbocycles. The second-order valence-electron chi connectivity index (χ2n) is 24.7. The highest BCUT2D eigenvalue weighted by Gasteiger charge is 2.34. The van der Waals surface area contributed by atoms with E-state index < -0.39 is 67.6 Å². The van der Waals surface area contributed by atoms with Gasteiger partial charge in [-0.2, -0.15) is 0 Å². The summed E-state index contributed by atoms with van der Waals surface area (Å²) in [4.78, 5) is 74.2. The second-order valence-corrected chi connectivity index (χ2v) is 27.8. The number of carboxylic acid groups (broad SMARTS) is 1. The molecule has 550 valence electrons. The summed E-state index contributed by atoms with van der Waals surface area (Å²) < 4.78 is 114. The maximum atomic E-state index is 13.9. The Morgan fingerprint density at radius 3 is 1.14 bits per heavy atom. The number of Topliss-reactive ketones (excluding diaryl/α,β-unsaturated/α-hetero) is 1. The largest absolute Gasteiger partial charge is 0.495 e. The van der Waals surface area contributed by atoms with Gasteiger partial charge >= 0.3 is 23.9 Å². The minimum atomic E-state index is -4.31. The first-order valence-electron chi connectivity index (χ1n) is 32.4. The first-order chi connectivity index (χ1) is 50.6. The third-order valence-electron chi connectivity index (χ3n) is 17.8. The molecule has 3 aromatic heterocycles. The first-order valence-corrected chi connectivity index (χ1v) is 35.4. The fraction of sp³-hybridized carbons (Fsp3) is 0.221. The number of aryl methyl sites for hydroxylation is 5. The number of benzene rings is 8. The number of nitrogens with zero attached hydrogens (tertiary/aromatic N) is 3. The van der Waals surface area contributed by atoms with Crippen LogP contribution in [-0.4, -0.2) is 127 Å². The van der Waals surface area contributed by atoms with E-state index in [1.165, 1.54) is 47.7 Å². The van der Waals surface area contributed by atoms with Crippen molar-refractivity contribution in [2.24, 2.45) is 26.3 Å². The fourth-order valence-electron chi connectivity index (χ4n) is 12.8. The number of amides is 1. The molecule has 3 atom stereocenters. The number of ketones is 1. The van der Waals surface area contributed by atoms with Crippen molar-refractivity contribution in [2.45, 2.75) is 48.3 Å². The van der Waals surface area contributed by atoms with E-state index in [0.29, 0.717) is 84.3 Å². The highest BCUT2D eigenvalue weighted by molar-refractivity contribution is 7.90. The fourth-order valence-corrected chi connectivity index (χ4v) is 14.6. The lowest BCUT2D eigenvalue weighted by Gasteiger charge is -2.19. The molecular weight excluding hydrogens is 1410 g/mol. The highest BCUT2D eigenvalue weighted by atomic mass is 32.2. The summed E-state index contributed by atoms with van der Waals surface area (Å²) in [7, 11) is 4.23. The number of aromatic nitrogens is 3. The number of esters is 3. The number of nitrogens with two attached hydrogens (primary N) is 1. The van der Waals surface area contributed by atoms with Gasteiger partial charge in [0.15, 0.2) is 34.5 Å². The van der Waals surface area contributed by atoms with E-state index in [9.17, 15) is 50.7 Å². The molecule has 0 spiro atoms. The number of methoxy groups -OCH3 is 5. The van der Waals surface area contributed by atoms with Gasteiger partial charge in [0.25, 0.3) is 10.0 Å². The van der Waals surface area contributed by atoms with Crippen LogP contribution in [0, 0.1) is 13.8 Å². The van der Waals surface area contributed by atoms with Gasteiger partial charge < -0.3 is 70.9 Å². The van der Waals surface area contributed by atoms with Crippen molar-refractivity contribution in [2.75, 3.05) is 55.9 Å². The zero-order valence-electron chi connectivity index (χ0n) is 59.2. The van der Waals surface area contributed by atoms with E-state index >= 15 is 0 Å². The molecule has 14 rings (SSSR count). The predicted molar refractivity (Wildman–Crippen MR) is 386 cm³/mol. The zero-order chi connectivity index (χ0) is 76.2. The number of primary sulfonamides is 1. The Balaban J connectivity index is 0.000000149. The number of carbonyl (C=O) groups excluding carboxylic acids is 5. The Labute approximate surface area is 608 Å². The summed E-state index contributed by atoms with van der Waals surface area (Å²) in [6, 6.07) is 40.5. The Kier molecular flexibility index (Phi) is 21.8. The molecule has 3 aliphatic heterocycles. The van der Waals surface area contributed by atoms with Crippen LogP contribution in [-0.2, 0) is 69.8 Å². The molecule has 4 N–H and O–H groups in total. The number of sulfonamides is 2. The average molecular weight is 1480 g/mol. The summed E-state index contributed by atoms with van der Waals surface area (Å²) >= 11 is 0. The first kappa shape index (κ1) is 74.8. The molecular formula is C77H73N5O22S2. The Bertz CT molecular complexity index is 5390. The monoisotopic (exact) mass is 1480 g/mol. The van der Waals surface area contributed by atoms with Crippen LogP contribution in [0.4, 0.5) is 0 Å². The van der Waals surface area contributed by atoms with E-state index in [2.05, 4.69) is 4.72 Å². The molecule has 0 radical (unpaired) electrons. The number of fused-ring (bicyclic) bond motifs is 6. The van der Waals surface area contributed by atoms with Gasteiger partial charge in [0.1, 0.15) is 33.0 Å². The minimum Gasteiger partial charge on any atom is -0.495 e. The molecule has 0 bridgehead atoms. The lowest BCUT2D eigenvalue weighted by Crippen LogP contribution is -2.35. The molecule has 3 aliphatic rings. The Morgan fingerprint density at radius 1 is 0.443 bits per heavy atom. The van der Waals surface area contributed by atoms with Crippen LogP contribution in [0.1, 0.15) is 100 Å². The van der Waals surface area contributed by atoms with Crippen LogP contribution >= 0.6 is 0 Å². The third kappa shape index (κ3) is 15.5. The van der Waals surface area contributed by atoms with Gasteiger partial charge in [-0.05, 0) is 162 Å². The molecule has 0 aliphatic carbocycles. The molecule has 106 heavy (non-hydrogen) atoms. The number of aliphatic carboxylic acids is 1. The predicted octanol–water partition coefficient (Wildman–Crippen LogP) is 10.6. The van der Waals surface area contributed by atoms with E-state index in [1.54, 1.807) is 152 Å². The molecule has 11 aromatic rings. The molecule has 0 saturated carbocycles. The maximum absolute atomic E-state index is 13.9. The van der Waals surface area contributed by atoms with Crippen molar-refractivity contribution in [1.82, 2.24) is 18.4 Å². The topological polar surface area (TPSA) is 345 Å².